The highest BCUT2D eigenvalue weighted by Crippen LogP contribution is 2.21. The molecular formula is C17H25N3O2S. The van der Waals surface area contributed by atoms with Crippen molar-refractivity contribution < 1.29 is 8.42 Å². The lowest BCUT2D eigenvalue weighted by Gasteiger charge is -2.35. The summed E-state index contributed by atoms with van der Waals surface area (Å²) in [6.45, 7) is 7.06. The Labute approximate surface area is 139 Å². The van der Waals surface area contributed by atoms with E-state index < -0.39 is 10.0 Å². The number of nitriles is 1. The van der Waals surface area contributed by atoms with Crippen LogP contribution in [-0.4, -0.2) is 39.0 Å². The van der Waals surface area contributed by atoms with Crippen LogP contribution >= 0.6 is 0 Å². The molecule has 1 aliphatic heterocycles. The number of sulfonamides is 1. The van der Waals surface area contributed by atoms with Gasteiger partial charge in [0.05, 0.1) is 16.5 Å². The van der Waals surface area contributed by atoms with E-state index in [-0.39, 0.29) is 4.90 Å². The number of nitrogens with zero attached hydrogens (tertiary/aromatic N) is 2. The van der Waals surface area contributed by atoms with Crippen LogP contribution in [0.4, 0.5) is 0 Å². The van der Waals surface area contributed by atoms with Crippen LogP contribution < -0.4 is 4.72 Å². The molecule has 1 fully saturated rings. The third-order valence-corrected chi connectivity index (χ3v) is 5.90. The summed E-state index contributed by atoms with van der Waals surface area (Å²) in [7, 11) is -3.49. The van der Waals surface area contributed by atoms with Gasteiger partial charge in [0.15, 0.2) is 0 Å². The summed E-state index contributed by atoms with van der Waals surface area (Å²) in [5.41, 5.74) is 0.458. The van der Waals surface area contributed by atoms with Crippen LogP contribution in [0.15, 0.2) is 29.2 Å². The lowest BCUT2D eigenvalue weighted by molar-refractivity contribution is 0.136. The number of hydrogen-bond donors (Lipinski definition) is 1. The molecule has 1 N–H and O–H groups in total. The van der Waals surface area contributed by atoms with Crippen molar-refractivity contribution in [2.24, 2.45) is 5.92 Å². The first-order chi connectivity index (χ1) is 10.9. The molecule has 0 aliphatic carbocycles. The van der Waals surface area contributed by atoms with Crippen LogP contribution in [0.2, 0.25) is 0 Å². The molecule has 0 radical (unpaired) electrons. The first kappa shape index (κ1) is 17.9. The average Bonchev–Trinajstić information content (AvgIpc) is 2.55. The molecule has 1 aromatic carbocycles. The SMILES string of the molecule is CC(C)N1CCC[C@@H](CCNS(=O)(=O)c2ccc(C#N)cc2)C1. The van der Waals surface area contributed by atoms with Crippen LogP contribution in [0.25, 0.3) is 0 Å². The Morgan fingerprint density at radius 1 is 1.35 bits per heavy atom. The van der Waals surface area contributed by atoms with E-state index in [1.807, 2.05) is 6.07 Å². The quantitative estimate of drug-likeness (QED) is 0.866. The van der Waals surface area contributed by atoms with Crippen molar-refractivity contribution in [2.45, 2.75) is 44.0 Å². The Bertz CT molecular complexity index is 647. The zero-order valence-electron chi connectivity index (χ0n) is 13.8. The van der Waals surface area contributed by atoms with Gasteiger partial charge in [-0.05, 0) is 69.8 Å². The maximum absolute atomic E-state index is 12.2. The van der Waals surface area contributed by atoms with Gasteiger partial charge in [0.25, 0.3) is 0 Å². The molecule has 1 atom stereocenters. The molecule has 0 saturated carbocycles. The predicted molar refractivity (Wildman–Crippen MR) is 90.4 cm³/mol. The summed E-state index contributed by atoms with van der Waals surface area (Å²) in [5.74, 6) is 0.551. The Kier molecular flexibility index (Phi) is 6.17. The fourth-order valence-corrected chi connectivity index (χ4v) is 4.04. The van der Waals surface area contributed by atoms with E-state index in [1.165, 1.54) is 37.1 Å². The van der Waals surface area contributed by atoms with E-state index in [0.29, 0.717) is 24.1 Å². The van der Waals surface area contributed by atoms with Crippen LogP contribution in [0.1, 0.15) is 38.7 Å². The van der Waals surface area contributed by atoms with Crippen molar-refractivity contribution in [3.05, 3.63) is 29.8 Å². The van der Waals surface area contributed by atoms with Crippen molar-refractivity contribution in [3.63, 3.8) is 0 Å². The molecule has 1 saturated heterocycles. The molecule has 23 heavy (non-hydrogen) atoms. The van der Waals surface area contributed by atoms with Crippen LogP contribution in [0, 0.1) is 17.2 Å². The van der Waals surface area contributed by atoms with E-state index in [1.54, 1.807) is 0 Å². The van der Waals surface area contributed by atoms with Crippen LogP contribution in [0.5, 0.6) is 0 Å². The third kappa shape index (κ3) is 5.03. The summed E-state index contributed by atoms with van der Waals surface area (Å²) < 4.78 is 27.2. The molecule has 2 rings (SSSR count). The minimum absolute atomic E-state index is 0.212. The van der Waals surface area contributed by atoms with Crippen molar-refractivity contribution in [3.8, 4) is 6.07 Å². The van der Waals surface area contributed by atoms with Gasteiger partial charge in [-0.2, -0.15) is 5.26 Å². The summed E-state index contributed by atoms with van der Waals surface area (Å²) >= 11 is 0. The average molecular weight is 335 g/mol. The van der Waals surface area contributed by atoms with Gasteiger partial charge >= 0.3 is 0 Å². The number of piperidine rings is 1. The first-order valence-electron chi connectivity index (χ1n) is 8.16. The number of rotatable bonds is 6. The summed E-state index contributed by atoms with van der Waals surface area (Å²) in [4.78, 5) is 2.67. The highest BCUT2D eigenvalue weighted by molar-refractivity contribution is 7.89. The second-order valence-electron chi connectivity index (χ2n) is 6.42. The molecule has 0 unspecified atom stereocenters. The zero-order chi connectivity index (χ0) is 16.9. The smallest absolute Gasteiger partial charge is 0.240 e. The van der Waals surface area contributed by atoms with E-state index in [4.69, 9.17) is 5.26 Å². The van der Waals surface area contributed by atoms with Gasteiger partial charge in [-0.1, -0.05) is 0 Å². The van der Waals surface area contributed by atoms with Gasteiger partial charge in [-0.3, -0.25) is 0 Å². The number of benzene rings is 1. The van der Waals surface area contributed by atoms with Gasteiger partial charge in [0, 0.05) is 19.1 Å². The van der Waals surface area contributed by atoms with E-state index >= 15 is 0 Å². The highest BCUT2D eigenvalue weighted by Gasteiger charge is 2.22. The molecule has 6 heteroatoms. The molecule has 1 aromatic rings. The number of nitrogens with one attached hydrogen (secondary N) is 1. The fraction of sp³-hybridized carbons (Fsp3) is 0.588. The summed E-state index contributed by atoms with van der Waals surface area (Å²) in [6, 6.07) is 8.53. The normalized spacial score (nSPS) is 19.7. The van der Waals surface area contributed by atoms with E-state index in [2.05, 4.69) is 23.5 Å². The zero-order valence-corrected chi connectivity index (χ0v) is 14.6. The Balaban J connectivity index is 1.86. The fourth-order valence-electron chi connectivity index (χ4n) is 2.99. The van der Waals surface area contributed by atoms with Crippen LogP contribution in [-0.2, 0) is 10.0 Å². The van der Waals surface area contributed by atoms with Gasteiger partial charge in [0.2, 0.25) is 10.0 Å². The van der Waals surface area contributed by atoms with Crippen molar-refractivity contribution in [2.75, 3.05) is 19.6 Å². The molecule has 1 heterocycles. The molecular weight excluding hydrogens is 310 g/mol. The maximum atomic E-state index is 12.2. The van der Waals surface area contributed by atoms with Gasteiger partial charge in [0.1, 0.15) is 0 Å². The molecule has 126 valence electrons. The molecule has 0 bridgehead atoms. The van der Waals surface area contributed by atoms with Gasteiger partial charge in [-0.25, -0.2) is 13.1 Å². The Morgan fingerprint density at radius 3 is 2.65 bits per heavy atom. The lowest BCUT2D eigenvalue weighted by Crippen LogP contribution is -2.40. The lowest BCUT2D eigenvalue weighted by atomic mass is 9.94. The van der Waals surface area contributed by atoms with Gasteiger partial charge in [-0.15, -0.1) is 0 Å². The van der Waals surface area contributed by atoms with Crippen molar-refractivity contribution >= 4 is 10.0 Å². The highest BCUT2D eigenvalue weighted by atomic mass is 32.2. The monoisotopic (exact) mass is 335 g/mol. The second kappa shape index (κ2) is 7.91. The third-order valence-electron chi connectivity index (χ3n) is 4.42. The standard InChI is InChI=1S/C17H25N3O2S/c1-14(2)20-11-3-4-16(13-20)9-10-19-23(21,22)17-7-5-15(12-18)6-8-17/h5-8,14,16,19H,3-4,9-11,13H2,1-2H3/t16-/m0/s1. The summed E-state index contributed by atoms with van der Waals surface area (Å²) in [6.07, 6.45) is 3.21. The topological polar surface area (TPSA) is 73.2 Å². The Morgan fingerprint density at radius 2 is 2.04 bits per heavy atom. The second-order valence-corrected chi connectivity index (χ2v) is 8.19. The summed E-state index contributed by atoms with van der Waals surface area (Å²) in [5, 5.41) is 8.76. The molecule has 5 nitrogen and oxygen atoms in total. The number of hydrogen-bond acceptors (Lipinski definition) is 4. The molecule has 0 aromatic heterocycles. The van der Waals surface area contributed by atoms with Gasteiger partial charge < -0.3 is 4.90 Å². The Hall–Kier alpha value is -1.42. The number of likely N-dealkylation sites (tertiary alicyclic amines) is 1. The van der Waals surface area contributed by atoms with Crippen molar-refractivity contribution in [1.82, 2.24) is 9.62 Å². The molecule has 0 spiro atoms. The first-order valence-corrected chi connectivity index (χ1v) is 9.64. The van der Waals surface area contributed by atoms with Crippen molar-refractivity contribution in [1.29, 1.82) is 5.26 Å². The largest absolute Gasteiger partial charge is 0.301 e. The predicted octanol–water partition coefficient (Wildman–Crippen LogP) is 2.35. The van der Waals surface area contributed by atoms with Crippen LogP contribution in [0.3, 0.4) is 0 Å². The molecule has 1 aliphatic rings. The van der Waals surface area contributed by atoms with E-state index in [9.17, 15) is 8.42 Å². The van der Waals surface area contributed by atoms with E-state index in [0.717, 1.165) is 19.5 Å². The maximum Gasteiger partial charge on any atom is 0.240 e. The molecule has 0 amide bonds. The minimum atomic E-state index is -3.49. The minimum Gasteiger partial charge on any atom is -0.301 e.